The fourth-order valence-corrected chi connectivity index (χ4v) is 6.96. The van der Waals surface area contributed by atoms with Crippen LogP contribution in [0.4, 0.5) is 0 Å². The fraction of sp³-hybridized carbons (Fsp3) is 1.00. The summed E-state index contributed by atoms with van der Waals surface area (Å²) in [4.78, 5) is 0. The number of unbranched alkanes of at least 4 members (excludes halogenated alkanes) is 10. The van der Waals surface area contributed by atoms with Crippen molar-refractivity contribution in [2.24, 2.45) is 0 Å². The van der Waals surface area contributed by atoms with Gasteiger partial charge in [0.15, 0.2) is 0 Å². The monoisotopic (exact) mass is 544 g/mol. The molecular formula is C28H64Al2NiO2. The van der Waals surface area contributed by atoms with E-state index in [9.17, 15) is 10.2 Å². The van der Waals surface area contributed by atoms with E-state index < -0.39 is 0 Å². The van der Waals surface area contributed by atoms with Crippen molar-refractivity contribution in [1.82, 2.24) is 0 Å². The molecule has 0 spiro atoms. The standard InChI is InChI=1S/2C8H17O.6C2H5.2Al.Ni/c2*1-2-3-4-5-6-7-8-9;6*1-2;;;/h2*2-8H2,1H3;6*1H2,2H3;;;/q2*-1;;;;;;;;;+2. The molecule has 0 radical (unpaired) electrons. The average molecular weight is 545 g/mol. The maximum Gasteiger partial charge on any atom is 2.00 e. The molecule has 33 heavy (non-hydrogen) atoms. The van der Waals surface area contributed by atoms with E-state index in [4.69, 9.17) is 0 Å². The quantitative estimate of drug-likeness (QED) is 0.128. The van der Waals surface area contributed by atoms with Crippen molar-refractivity contribution in [3.63, 3.8) is 0 Å². The van der Waals surface area contributed by atoms with Gasteiger partial charge in [0.2, 0.25) is 0 Å². The van der Waals surface area contributed by atoms with Crippen LogP contribution >= 0.6 is 0 Å². The van der Waals surface area contributed by atoms with E-state index in [1.54, 1.807) is 0 Å². The summed E-state index contributed by atoms with van der Waals surface area (Å²) in [6.07, 6.45) is 14.4. The minimum atomic E-state index is -0.171. The van der Waals surface area contributed by atoms with Crippen molar-refractivity contribution in [3.05, 3.63) is 0 Å². The van der Waals surface area contributed by atoms with E-state index in [2.05, 4.69) is 55.4 Å². The zero-order valence-corrected chi connectivity index (χ0v) is 27.7. The van der Waals surface area contributed by atoms with Crippen LogP contribution in [0.25, 0.3) is 0 Å². The summed E-state index contributed by atoms with van der Waals surface area (Å²) in [6.45, 7) is 18.6. The molecule has 204 valence electrons. The Bertz CT molecular complexity index is 215. The third kappa shape index (κ3) is 51.1. The van der Waals surface area contributed by atoms with Gasteiger partial charge < -0.3 is 10.2 Å². The van der Waals surface area contributed by atoms with Crippen molar-refractivity contribution in [2.45, 2.75) is 164 Å². The summed E-state index contributed by atoms with van der Waals surface area (Å²) < 4.78 is 0. The van der Waals surface area contributed by atoms with Crippen LogP contribution in [0.15, 0.2) is 0 Å². The number of rotatable bonds is 18. The summed E-state index contributed by atoms with van der Waals surface area (Å²) in [6, 6.07) is 0. The Hall–Kier alpha value is 1.48. The summed E-state index contributed by atoms with van der Waals surface area (Å²) in [5.41, 5.74) is 0. The molecule has 0 heterocycles. The van der Waals surface area contributed by atoms with Gasteiger partial charge in [-0.05, 0) is 0 Å². The minimum Gasteiger partial charge on any atom is -0.854 e. The third-order valence-electron chi connectivity index (χ3n) is 6.46. The normalized spacial score (nSPS) is 9.27. The van der Waals surface area contributed by atoms with Gasteiger partial charge in [-0.1, -0.05) is 164 Å². The van der Waals surface area contributed by atoms with Crippen LogP contribution in [0, 0.1) is 0 Å². The fourth-order valence-electron chi connectivity index (χ4n) is 3.50. The summed E-state index contributed by atoms with van der Waals surface area (Å²) >= 11 is -0.343. The van der Waals surface area contributed by atoms with Crippen LogP contribution < -0.4 is 10.2 Å². The van der Waals surface area contributed by atoms with Gasteiger partial charge in [-0.3, -0.25) is 0 Å². The predicted octanol–water partition coefficient (Wildman–Crippen LogP) is 8.49. The maximum atomic E-state index is 9.96. The van der Waals surface area contributed by atoms with Crippen LogP contribution in [-0.4, -0.2) is 41.5 Å². The molecule has 0 atom stereocenters. The SMILES string of the molecule is CCCCCCCC[O-].CCCCCCCC[O-].C[CH2][Al]([CH2]C)[CH2]C.C[CH2][Al]([CH2]C)[CH2]C.[Ni+2]. The first-order valence-corrected chi connectivity index (χ1v) is 19.6. The van der Waals surface area contributed by atoms with Crippen molar-refractivity contribution >= 4 is 28.3 Å². The molecule has 0 aliphatic carbocycles. The van der Waals surface area contributed by atoms with Crippen molar-refractivity contribution in [2.75, 3.05) is 13.2 Å². The first-order chi connectivity index (χ1) is 15.5. The Morgan fingerprint density at radius 1 is 0.364 bits per heavy atom. The van der Waals surface area contributed by atoms with Gasteiger partial charge in [-0.25, -0.2) is 0 Å². The van der Waals surface area contributed by atoms with E-state index in [1.165, 1.54) is 83.1 Å². The van der Waals surface area contributed by atoms with Crippen LogP contribution in [0.1, 0.15) is 132 Å². The Labute approximate surface area is 231 Å². The first-order valence-electron chi connectivity index (χ1n) is 14.7. The molecule has 2 nitrogen and oxygen atoms in total. The zero-order chi connectivity index (χ0) is 25.3. The Morgan fingerprint density at radius 3 is 0.727 bits per heavy atom. The molecule has 0 amide bonds. The van der Waals surface area contributed by atoms with Crippen LogP contribution in [-0.2, 0) is 16.5 Å². The van der Waals surface area contributed by atoms with Crippen LogP contribution in [0.2, 0.25) is 31.7 Å². The van der Waals surface area contributed by atoms with E-state index in [-0.39, 0.29) is 58.0 Å². The number of hydrogen-bond acceptors (Lipinski definition) is 2. The molecule has 0 rings (SSSR count). The van der Waals surface area contributed by atoms with Gasteiger partial charge in [0.1, 0.15) is 0 Å². The van der Waals surface area contributed by atoms with Gasteiger partial charge in [0.25, 0.3) is 28.3 Å². The van der Waals surface area contributed by atoms with Crippen LogP contribution in [0.5, 0.6) is 0 Å². The van der Waals surface area contributed by atoms with Gasteiger partial charge in [-0.2, -0.15) is 0 Å². The van der Waals surface area contributed by atoms with Gasteiger partial charge in [0, 0.05) is 0 Å². The zero-order valence-electron chi connectivity index (χ0n) is 24.4. The molecule has 0 aromatic rings. The van der Waals surface area contributed by atoms with E-state index in [0.717, 1.165) is 25.7 Å². The summed E-state index contributed by atoms with van der Waals surface area (Å²) in [7, 11) is 0. The first kappa shape index (κ1) is 44.5. The summed E-state index contributed by atoms with van der Waals surface area (Å²) in [5.74, 6) is 0. The second kappa shape index (κ2) is 46.8. The van der Waals surface area contributed by atoms with Crippen LogP contribution in [0.3, 0.4) is 0 Å². The third-order valence-corrected chi connectivity index (χ3v) is 13.4. The number of hydrogen-bond donors (Lipinski definition) is 0. The molecule has 0 unspecified atom stereocenters. The minimum absolute atomic E-state index is 0. The Kier molecular flexibility index (Phi) is 63.0. The smallest absolute Gasteiger partial charge is 0.854 e. The molecule has 5 heteroatoms. The second-order valence-electron chi connectivity index (χ2n) is 9.13. The molecule has 0 aromatic heterocycles. The van der Waals surface area contributed by atoms with Gasteiger partial charge >= 0.3 is 16.5 Å². The predicted molar refractivity (Wildman–Crippen MR) is 151 cm³/mol. The van der Waals surface area contributed by atoms with Crippen molar-refractivity contribution < 1.29 is 26.7 Å². The molecule has 0 saturated heterocycles. The molecule has 0 aromatic carbocycles. The molecule has 0 saturated carbocycles. The Morgan fingerprint density at radius 2 is 0.576 bits per heavy atom. The maximum absolute atomic E-state index is 9.96. The largest absolute Gasteiger partial charge is 2.00 e. The van der Waals surface area contributed by atoms with Gasteiger partial charge in [0.05, 0.1) is 0 Å². The molecular weight excluding hydrogens is 481 g/mol. The Balaban J connectivity index is -0.000000105. The molecule has 0 aliphatic heterocycles. The van der Waals surface area contributed by atoms with Crippen molar-refractivity contribution in [3.8, 4) is 0 Å². The molecule has 0 fully saturated rings. The topological polar surface area (TPSA) is 46.1 Å². The average Bonchev–Trinajstić information content (AvgIpc) is 2.83. The molecule has 0 bridgehead atoms. The molecule has 0 N–H and O–H groups in total. The van der Waals surface area contributed by atoms with Gasteiger partial charge in [-0.15, -0.1) is 13.2 Å². The van der Waals surface area contributed by atoms with E-state index >= 15 is 0 Å². The van der Waals surface area contributed by atoms with E-state index in [0.29, 0.717) is 0 Å². The second-order valence-corrected chi connectivity index (χ2v) is 17.5. The van der Waals surface area contributed by atoms with Crippen molar-refractivity contribution in [1.29, 1.82) is 0 Å². The summed E-state index contributed by atoms with van der Waals surface area (Å²) in [5, 5.41) is 28.9. The molecule has 0 aliphatic rings. The van der Waals surface area contributed by atoms with E-state index in [1.807, 2.05) is 0 Å².